The van der Waals surface area contributed by atoms with Gasteiger partial charge in [-0.25, -0.2) is 0 Å². The zero-order valence-corrected chi connectivity index (χ0v) is 9.12. The number of amides is 2. The summed E-state index contributed by atoms with van der Waals surface area (Å²) in [6.45, 7) is 1.41. The van der Waals surface area contributed by atoms with Crippen molar-refractivity contribution in [2.45, 2.75) is 6.92 Å². The molecule has 0 aliphatic carbocycles. The summed E-state index contributed by atoms with van der Waals surface area (Å²) in [7, 11) is 0. The van der Waals surface area contributed by atoms with Gasteiger partial charge in [-0.1, -0.05) is 18.2 Å². The molecule has 0 aliphatic rings. The number of benzene rings is 1. The van der Waals surface area contributed by atoms with Gasteiger partial charge in [-0.3, -0.25) is 9.59 Å². The lowest BCUT2D eigenvalue weighted by molar-refractivity contribution is -0.114. The van der Waals surface area contributed by atoms with Gasteiger partial charge >= 0.3 is 0 Å². The summed E-state index contributed by atoms with van der Waals surface area (Å²) in [6, 6.07) is 6.92. The largest absolute Gasteiger partial charge is 0.326 e. The Morgan fingerprint density at radius 3 is 2.88 bits per heavy atom. The van der Waals surface area contributed by atoms with E-state index in [-0.39, 0.29) is 5.91 Å². The number of nitrogens with one attached hydrogen (secondary N) is 1. The lowest BCUT2D eigenvalue weighted by Gasteiger charge is -2.02. The highest BCUT2D eigenvalue weighted by Gasteiger charge is 1.96. The minimum Gasteiger partial charge on any atom is -0.326 e. The van der Waals surface area contributed by atoms with Gasteiger partial charge in [0.25, 0.3) is 0 Å². The summed E-state index contributed by atoms with van der Waals surface area (Å²) in [5.41, 5.74) is 9.39. The van der Waals surface area contributed by atoms with Crippen LogP contribution < -0.4 is 5.32 Å². The topological polar surface area (TPSA) is 94.9 Å². The second-order valence-corrected chi connectivity index (χ2v) is 3.17. The number of anilines is 1. The Balaban J connectivity index is 2.81. The average molecular weight is 230 g/mol. The molecule has 0 unspecified atom stereocenters. The number of azide groups is 1. The van der Waals surface area contributed by atoms with Crippen LogP contribution in [0.3, 0.4) is 0 Å². The van der Waals surface area contributed by atoms with Gasteiger partial charge in [-0.2, -0.15) is 0 Å². The molecule has 1 aromatic carbocycles. The fourth-order valence-corrected chi connectivity index (χ4v) is 1.17. The lowest BCUT2D eigenvalue weighted by Crippen LogP contribution is -2.05. The maximum absolute atomic E-state index is 10.9. The summed E-state index contributed by atoms with van der Waals surface area (Å²) in [6.07, 6.45) is 2.66. The molecule has 1 rings (SSSR count). The summed E-state index contributed by atoms with van der Waals surface area (Å²) in [5.74, 6) is -0.839. The molecule has 0 heterocycles. The number of carbonyl (C=O) groups is 2. The van der Waals surface area contributed by atoms with Crippen molar-refractivity contribution in [3.63, 3.8) is 0 Å². The van der Waals surface area contributed by atoms with Crippen LogP contribution in [0.1, 0.15) is 12.5 Å². The highest BCUT2D eigenvalue weighted by atomic mass is 16.2. The first-order valence-electron chi connectivity index (χ1n) is 4.76. The maximum Gasteiger partial charge on any atom is 0.242 e. The molecule has 6 heteroatoms. The van der Waals surface area contributed by atoms with Gasteiger partial charge in [0.1, 0.15) is 0 Å². The van der Waals surface area contributed by atoms with Gasteiger partial charge in [0.05, 0.1) is 0 Å². The predicted molar refractivity (Wildman–Crippen MR) is 63.9 cm³/mol. The molecule has 0 aromatic heterocycles. The van der Waals surface area contributed by atoms with Crippen molar-refractivity contribution in [2.75, 3.05) is 5.32 Å². The van der Waals surface area contributed by atoms with Crippen LogP contribution in [0, 0.1) is 0 Å². The van der Waals surface area contributed by atoms with E-state index >= 15 is 0 Å². The van der Waals surface area contributed by atoms with Crippen LogP contribution in [0.25, 0.3) is 16.5 Å². The summed E-state index contributed by atoms with van der Waals surface area (Å²) in [5, 5.41) is 5.51. The van der Waals surface area contributed by atoms with Crippen LogP contribution in [-0.2, 0) is 9.59 Å². The van der Waals surface area contributed by atoms with E-state index in [0.29, 0.717) is 5.69 Å². The molecule has 6 nitrogen and oxygen atoms in total. The van der Waals surface area contributed by atoms with Crippen LogP contribution in [0.2, 0.25) is 0 Å². The smallest absolute Gasteiger partial charge is 0.242 e. The highest BCUT2D eigenvalue weighted by molar-refractivity contribution is 5.93. The Morgan fingerprint density at radius 2 is 2.24 bits per heavy atom. The molecule has 0 radical (unpaired) electrons. The summed E-state index contributed by atoms with van der Waals surface area (Å²) in [4.78, 5) is 24.1. The zero-order valence-electron chi connectivity index (χ0n) is 9.12. The molecular formula is C11H10N4O2. The zero-order chi connectivity index (χ0) is 12.7. The molecule has 17 heavy (non-hydrogen) atoms. The second-order valence-electron chi connectivity index (χ2n) is 3.17. The molecule has 2 amide bonds. The van der Waals surface area contributed by atoms with Crippen LogP contribution >= 0.6 is 0 Å². The molecular weight excluding hydrogens is 220 g/mol. The Kier molecular flexibility index (Phi) is 4.47. The standard InChI is InChI=1S/C11H10N4O2/c1-8(16)13-10-4-2-3-9(7-10)5-6-11(17)14-15-12/h2-7H,1H3,(H,13,16). The Labute approximate surface area is 97.6 Å². The molecule has 0 saturated carbocycles. The third-order valence-corrected chi connectivity index (χ3v) is 1.77. The molecule has 0 fully saturated rings. The molecule has 0 atom stereocenters. The van der Waals surface area contributed by atoms with Crippen molar-refractivity contribution in [3.8, 4) is 0 Å². The number of rotatable bonds is 3. The van der Waals surface area contributed by atoms with Gasteiger partial charge in [-0.15, -0.1) is 0 Å². The summed E-state index contributed by atoms with van der Waals surface area (Å²) >= 11 is 0. The number of hydrogen-bond donors (Lipinski definition) is 1. The quantitative estimate of drug-likeness (QED) is 0.373. The van der Waals surface area contributed by atoms with E-state index in [0.717, 1.165) is 11.6 Å². The Bertz CT molecular complexity index is 516. The maximum atomic E-state index is 10.9. The van der Waals surface area contributed by atoms with Gasteiger partial charge in [-0.05, 0) is 34.4 Å². The Hall–Kier alpha value is -2.59. The number of nitrogens with zero attached hydrogens (tertiary/aromatic N) is 3. The average Bonchev–Trinajstić information content (AvgIpc) is 2.26. The Morgan fingerprint density at radius 1 is 1.47 bits per heavy atom. The van der Waals surface area contributed by atoms with E-state index < -0.39 is 5.91 Å². The van der Waals surface area contributed by atoms with Crippen LogP contribution in [0.4, 0.5) is 5.69 Å². The van der Waals surface area contributed by atoms with Gasteiger partial charge in [0.2, 0.25) is 11.8 Å². The van der Waals surface area contributed by atoms with Gasteiger partial charge < -0.3 is 5.32 Å². The van der Waals surface area contributed by atoms with E-state index in [1.807, 2.05) is 0 Å². The van der Waals surface area contributed by atoms with E-state index in [4.69, 9.17) is 5.53 Å². The molecule has 1 N–H and O–H groups in total. The molecule has 0 aliphatic heterocycles. The van der Waals surface area contributed by atoms with E-state index in [1.165, 1.54) is 13.0 Å². The minimum atomic E-state index is -0.669. The molecule has 0 spiro atoms. The van der Waals surface area contributed by atoms with Gasteiger partial charge in [0, 0.05) is 17.5 Å². The molecule has 86 valence electrons. The van der Waals surface area contributed by atoms with Crippen molar-refractivity contribution in [2.24, 2.45) is 5.11 Å². The normalized spacial score (nSPS) is 9.71. The first-order chi connectivity index (χ1) is 8.11. The molecule has 0 bridgehead atoms. The predicted octanol–water partition coefficient (Wildman–Crippen LogP) is 2.50. The lowest BCUT2D eigenvalue weighted by atomic mass is 10.2. The SMILES string of the molecule is CC(=O)Nc1cccc(C=CC(=O)N=[N+]=[N-])c1. The van der Waals surface area contributed by atoms with Crippen LogP contribution in [0.5, 0.6) is 0 Å². The molecule has 0 saturated heterocycles. The fraction of sp³-hybridized carbons (Fsp3) is 0.0909. The van der Waals surface area contributed by atoms with Crippen LogP contribution in [0.15, 0.2) is 35.5 Å². The highest BCUT2D eigenvalue weighted by Crippen LogP contribution is 2.11. The summed E-state index contributed by atoms with van der Waals surface area (Å²) < 4.78 is 0. The second kappa shape index (κ2) is 6.09. The number of carbonyl (C=O) groups excluding carboxylic acids is 2. The van der Waals surface area contributed by atoms with Crippen molar-refractivity contribution in [1.29, 1.82) is 0 Å². The van der Waals surface area contributed by atoms with Crippen molar-refractivity contribution < 1.29 is 9.59 Å². The van der Waals surface area contributed by atoms with Crippen LogP contribution in [-0.4, -0.2) is 11.8 Å². The van der Waals surface area contributed by atoms with Crippen molar-refractivity contribution in [3.05, 3.63) is 46.3 Å². The fourth-order valence-electron chi connectivity index (χ4n) is 1.17. The van der Waals surface area contributed by atoms with Crippen molar-refractivity contribution in [1.82, 2.24) is 0 Å². The third kappa shape index (κ3) is 4.63. The van der Waals surface area contributed by atoms with E-state index in [9.17, 15) is 9.59 Å². The van der Waals surface area contributed by atoms with Crippen molar-refractivity contribution >= 4 is 23.6 Å². The van der Waals surface area contributed by atoms with Gasteiger partial charge in [0.15, 0.2) is 0 Å². The number of hydrogen-bond acceptors (Lipinski definition) is 2. The monoisotopic (exact) mass is 230 g/mol. The third-order valence-electron chi connectivity index (χ3n) is 1.77. The molecule has 1 aromatic rings. The minimum absolute atomic E-state index is 0.170. The first-order valence-corrected chi connectivity index (χ1v) is 4.76. The van der Waals surface area contributed by atoms with E-state index in [2.05, 4.69) is 15.3 Å². The first kappa shape index (κ1) is 12.5. The van der Waals surface area contributed by atoms with E-state index in [1.54, 1.807) is 24.3 Å².